The summed E-state index contributed by atoms with van der Waals surface area (Å²) in [6, 6.07) is 0.0525. The number of amides is 2. The topological polar surface area (TPSA) is 58.4 Å². The molecule has 4 nitrogen and oxygen atoms in total. The second-order valence-electron chi connectivity index (χ2n) is 4.62. The normalized spacial score (nSPS) is 18.4. The van der Waals surface area contributed by atoms with Gasteiger partial charge >= 0.3 is 6.03 Å². The van der Waals surface area contributed by atoms with Crippen molar-refractivity contribution in [2.45, 2.75) is 51.5 Å². The molecule has 1 aliphatic carbocycles. The Labute approximate surface area is 98.6 Å². The van der Waals surface area contributed by atoms with E-state index in [0.717, 1.165) is 25.8 Å². The maximum absolute atomic E-state index is 12.0. The molecule has 16 heavy (non-hydrogen) atoms. The van der Waals surface area contributed by atoms with Crippen molar-refractivity contribution in [1.29, 1.82) is 0 Å². The zero-order valence-electron chi connectivity index (χ0n) is 10.6. The molecule has 0 aromatic rings. The number of hydrogen-bond donors (Lipinski definition) is 2. The van der Waals surface area contributed by atoms with Crippen LogP contribution < -0.4 is 11.1 Å². The monoisotopic (exact) mass is 227 g/mol. The fourth-order valence-electron chi connectivity index (χ4n) is 2.64. The first-order valence-electron chi connectivity index (χ1n) is 6.45. The Morgan fingerprint density at radius 1 is 1.38 bits per heavy atom. The van der Waals surface area contributed by atoms with Crippen LogP contribution in [0.3, 0.4) is 0 Å². The Hall–Kier alpha value is -0.770. The van der Waals surface area contributed by atoms with Crippen molar-refractivity contribution in [3.63, 3.8) is 0 Å². The Kier molecular flexibility index (Phi) is 5.06. The first-order chi connectivity index (χ1) is 7.70. The molecule has 0 aliphatic heterocycles. The molecule has 0 unspecified atom stereocenters. The molecule has 0 radical (unpaired) electrons. The van der Waals surface area contributed by atoms with Crippen LogP contribution in [0.2, 0.25) is 0 Å². The van der Waals surface area contributed by atoms with Gasteiger partial charge in [0.15, 0.2) is 0 Å². The summed E-state index contributed by atoms with van der Waals surface area (Å²) in [5, 5.41) is 2.90. The summed E-state index contributed by atoms with van der Waals surface area (Å²) in [5.41, 5.74) is 5.84. The number of carbonyl (C=O) groups excluding carboxylic acids is 1. The van der Waals surface area contributed by atoms with Crippen LogP contribution in [0.4, 0.5) is 4.79 Å². The number of urea groups is 1. The smallest absolute Gasteiger partial charge is 0.317 e. The van der Waals surface area contributed by atoms with Gasteiger partial charge in [0, 0.05) is 19.6 Å². The maximum atomic E-state index is 12.0. The van der Waals surface area contributed by atoms with Crippen LogP contribution in [0.15, 0.2) is 0 Å². The zero-order valence-corrected chi connectivity index (χ0v) is 10.6. The average Bonchev–Trinajstić information content (AvgIpc) is 2.75. The summed E-state index contributed by atoms with van der Waals surface area (Å²) in [4.78, 5) is 14.0. The Balaban J connectivity index is 2.77. The van der Waals surface area contributed by atoms with Gasteiger partial charge in [0.2, 0.25) is 0 Å². The van der Waals surface area contributed by atoms with Crippen molar-refractivity contribution in [3.05, 3.63) is 0 Å². The van der Waals surface area contributed by atoms with E-state index < -0.39 is 0 Å². The largest absolute Gasteiger partial charge is 0.338 e. The number of nitrogens with one attached hydrogen (secondary N) is 1. The van der Waals surface area contributed by atoms with Crippen LogP contribution in [0.25, 0.3) is 0 Å². The molecule has 1 saturated carbocycles. The maximum Gasteiger partial charge on any atom is 0.317 e. The molecule has 0 bridgehead atoms. The van der Waals surface area contributed by atoms with E-state index in [9.17, 15) is 4.79 Å². The van der Waals surface area contributed by atoms with E-state index in [-0.39, 0.29) is 11.6 Å². The molecule has 1 rings (SSSR count). The third kappa shape index (κ3) is 2.67. The molecule has 1 fully saturated rings. The van der Waals surface area contributed by atoms with Gasteiger partial charge in [-0.25, -0.2) is 4.79 Å². The van der Waals surface area contributed by atoms with Gasteiger partial charge in [-0.3, -0.25) is 0 Å². The van der Waals surface area contributed by atoms with Crippen LogP contribution in [-0.4, -0.2) is 36.1 Å². The second kappa shape index (κ2) is 6.09. The van der Waals surface area contributed by atoms with Crippen molar-refractivity contribution >= 4 is 6.03 Å². The van der Waals surface area contributed by atoms with E-state index in [1.807, 2.05) is 11.8 Å². The minimum Gasteiger partial charge on any atom is -0.338 e. The third-order valence-corrected chi connectivity index (χ3v) is 3.51. The standard InChI is InChI=1S/C12H25N3O/c1-3-9-15(11(16)14-4-2)12(10-13)7-5-6-8-12/h3-10,13H2,1-2H3,(H,14,16). The first kappa shape index (κ1) is 13.3. The molecule has 1 aliphatic rings. The van der Waals surface area contributed by atoms with Crippen LogP contribution in [-0.2, 0) is 0 Å². The summed E-state index contributed by atoms with van der Waals surface area (Å²) in [5.74, 6) is 0. The van der Waals surface area contributed by atoms with E-state index in [1.54, 1.807) is 0 Å². The lowest BCUT2D eigenvalue weighted by molar-refractivity contribution is 0.119. The molecule has 2 amide bonds. The minimum atomic E-state index is -0.0741. The van der Waals surface area contributed by atoms with Crippen molar-refractivity contribution < 1.29 is 4.79 Å². The lowest BCUT2D eigenvalue weighted by Crippen LogP contribution is -2.57. The van der Waals surface area contributed by atoms with Crippen LogP contribution >= 0.6 is 0 Å². The van der Waals surface area contributed by atoms with Gasteiger partial charge in [-0.05, 0) is 26.2 Å². The second-order valence-corrected chi connectivity index (χ2v) is 4.62. The van der Waals surface area contributed by atoms with Crippen LogP contribution in [0, 0.1) is 0 Å². The number of hydrogen-bond acceptors (Lipinski definition) is 2. The van der Waals surface area contributed by atoms with Gasteiger partial charge in [0.25, 0.3) is 0 Å². The number of rotatable bonds is 5. The molecule has 0 atom stereocenters. The Bertz CT molecular complexity index is 224. The Morgan fingerprint density at radius 3 is 2.44 bits per heavy atom. The van der Waals surface area contributed by atoms with Gasteiger partial charge in [-0.1, -0.05) is 19.8 Å². The van der Waals surface area contributed by atoms with E-state index >= 15 is 0 Å². The van der Waals surface area contributed by atoms with E-state index in [4.69, 9.17) is 5.73 Å². The SMILES string of the molecule is CCCN(C(=O)NCC)C1(CN)CCCC1. The van der Waals surface area contributed by atoms with Gasteiger partial charge < -0.3 is 16.0 Å². The Morgan fingerprint density at radius 2 is 2.00 bits per heavy atom. The highest BCUT2D eigenvalue weighted by atomic mass is 16.2. The number of nitrogens with two attached hydrogens (primary N) is 1. The van der Waals surface area contributed by atoms with Crippen LogP contribution in [0.5, 0.6) is 0 Å². The number of carbonyl (C=O) groups is 1. The predicted molar refractivity (Wildman–Crippen MR) is 66.3 cm³/mol. The summed E-state index contributed by atoms with van der Waals surface area (Å²) in [6.07, 6.45) is 5.48. The third-order valence-electron chi connectivity index (χ3n) is 3.51. The molecular weight excluding hydrogens is 202 g/mol. The summed E-state index contributed by atoms with van der Waals surface area (Å²) >= 11 is 0. The lowest BCUT2D eigenvalue weighted by Gasteiger charge is -2.40. The van der Waals surface area contributed by atoms with E-state index in [2.05, 4.69) is 12.2 Å². The summed E-state index contributed by atoms with van der Waals surface area (Å²) in [6.45, 7) is 6.13. The highest BCUT2D eigenvalue weighted by molar-refractivity contribution is 5.75. The molecule has 0 aromatic heterocycles. The molecule has 4 heteroatoms. The average molecular weight is 227 g/mol. The summed E-state index contributed by atoms with van der Waals surface area (Å²) in [7, 11) is 0. The van der Waals surface area contributed by atoms with Crippen molar-refractivity contribution in [2.24, 2.45) is 5.73 Å². The first-order valence-corrected chi connectivity index (χ1v) is 6.45. The lowest BCUT2D eigenvalue weighted by atomic mass is 9.95. The fraction of sp³-hybridized carbons (Fsp3) is 0.917. The highest BCUT2D eigenvalue weighted by Crippen LogP contribution is 2.34. The molecule has 0 aromatic carbocycles. The fourth-order valence-corrected chi connectivity index (χ4v) is 2.64. The van der Waals surface area contributed by atoms with E-state index in [1.165, 1.54) is 12.8 Å². The van der Waals surface area contributed by atoms with E-state index in [0.29, 0.717) is 13.1 Å². The van der Waals surface area contributed by atoms with Gasteiger partial charge in [0.1, 0.15) is 0 Å². The highest BCUT2D eigenvalue weighted by Gasteiger charge is 2.40. The van der Waals surface area contributed by atoms with Gasteiger partial charge in [0.05, 0.1) is 5.54 Å². The van der Waals surface area contributed by atoms with Crippen LogP contribution in [0.1, 0.15) is 46.0 Å². The molecule has 0 spiro atoms. The van der Waals surface area contributed by atoms with Gasteiger partial charge in [-0.2, -0.15) is 0 Å². The molecule has 3 N–H and O–H groups in total. The minimum absolute atomic E-state index is 0.0525. The number of nitrogens with zero attached hydrogens (tertiary/aromatic N) is 1. The molecule has 0 heterocycles. The van der Waals surface area contributed by atoms with Crippen molar-refractivity contribution in [1.82, 2.24) is 10.2 Å². The van der Waals surface area contributed by atoms with Crippen molar-refractivity contribution in [3.8, 4) is 0 Å². The predicted octanol–water partition coefficient (Wildman–Crippen LogP) is 1.70. The molecule has 94 valence electrons. The zero-order chi connectivity index (χ0) is 12.0. The van der Waals surface area contributed by atoms with Crippen molar-refractivity contribution in [2.75, 3.05) is 19.6 Å². The molecule has 0 saturated heterocycles. The summed E-state index contributed by atoms with van der Waals surface area (Å²) < 4.78 is 0. The van der Waals surface area contributed by atoms with Gasteiger partial charge in [-0.15, -0.1) is 0 Å². The quantitative estimate of drug-likeness (QED) is 0.751. The molecular formula is C12H25N3O.